The van der Waals surface area contributed by atoms with Crippen molar-refractivity contribution in [3.8, 4) is 17.0 Å². The lowest BCUT2D eigenvalue weighted by Crippen LogP contribution is -2.39. The van der Waals surface area contributed by atoms with E-state index in [9.17, 15) is 13.6 Å². The third kappa shape index (κ3) is 5.16. The average molecular weight is 481 g/mol. The summed E-state index contributed by atoms with van der Waals surface area (Å²) in [7, 11) is 0. The molecule has 3 heterocycles. The number of alkyl halides is 2. The highest BCUT2D eigenvalue weighted by Gasteiger charge is 2.23. The van der Waals surface area contributed by atoms with Gasteiger partial charge in [0, 0.05) is 42.4 Å². The van der Waals surface area contributed by atoms with Crippen LogP contribution in [-0.2, 0) is 4.79 Å². The van der Waals surface area contributed by atoms with Crippen molar-refractivity contribution in [3.05, 3.63) is 48.8 Å². The molecule has 0 atom stereocenters. The Kier molecular flexibility index (Phi) is 6.43. The summed E-state index contributed by atoms with van der Waals surface area (Å²) in [6.07, 6.45) is 4.24. The number of fused-ring (bicyclic) bond motifs is 2. The Morgan fingerprint density at radius 1 is 1.17 bits per heavy atom. The number of hydrogen-bond acceptors (Lipinski definition) is 6. The molecule has 5 rings (SSSR count). The maximum Gasteiger partial charge on any atom is 0.272 e. The van der Waals surface area contributed by atoms with Crippen LogP contribution >= 0.6 is 0 Å². The van der Waals surface area contributed by atoms with E-state index < -0.39 is 13.0 Å². The van der Waals surface area contributed by atoms with Gasteiger partial charge in [0.1, 0.15) is 5.52 Å². The Bertz CT molecular complexity index is 1350. The number of anilines is 1. The first-order valence-electron chi connectivity index (χ1n) is 11.7. The Morgan fingerprint density at radius 2 is 1.97 bits per heavy atom. The molecule has 35 heavy (non-hydrogen) atoms. The van der Waals surface area contributed by atoms with Gasteiger partial charge in [0.2, 0.25) is 17.7 Å². The molecule has 1 amide bonds. The second-order valence-corrected chi connectivity index (χ2v) is 8.77. The number of carbonyl (C=O) groups is 1. The zero-order valence-corrected chi connectivity index (χ0v) is 19.2. The second-order valence-electron chi connectivity index (χ2n) is 8.77. The van der Waals surface area contributed by atoms with E-state index in [-0.39, 0.29) is 23.9 Å². The standard InChI is InChI=1S/C25H26F2N6O2/c1-15(34)29-18-5-7-19(8-6-18)30-25-31-24(35-14-22(26)27)23-20(10-12-33(23)32-25)16-4-9-21-17(13-16)3-2-11-28-21/h2-4,9-13,18-19,22H,5-8,14H2,1H3,(H,29,34)(H,30,32)/t18-,19+. The highest BCUT2D eigenvalue weighted by molar-refractivity contribution is 5.90. The van der Waals surface area contributed by atoms with Crippen LogP contribution in [0.2, 0.25) is 0 Å². The fourth-order valence-corrected chi connectivity index (χ4v) is 4.62. The number of rotatable bonds is 7. The van der Waals surface area contributed by atoms with E-state index in [0.29, 0.717) is 11.5 Å². The lowest BCUT2D eigenvalue weighted by atomic mass is 9.91. The number of aromatic nitrogens is 4. The SMILES string of the molecule is CC(=O)N[C@H]1CC[C@@H](Nc2nc(OCC(F)F)c3c(-c4ccc5ncccc5c4)ccn3n2)CC1. The van der Waals surface area contributed by atoms with Crippen LogP contribution in [0, 0.1) is 0 Å². The van der Waals surface area contributed by atoms with Gasteiger partial charge in [-0.1, -0.05) is 12.1 Å². The van der Waals surface area contributed by atoms with Gasteiger partial charge in [0.15, 0.2) is 6.61 Å². The maximum atomic E-state index is 13.0. The van der Waals surface area contributed by atoms with Crippen molar-refractivity contribution < 1.29 is 18.3 Å². The van der Waals surface area contributed by atoms with Crippen LogP contribution in [-0.4, -0.2) is 50.6 Å². The largest absolute Gasteiger partial charge is 0.470 e. The number of nitrogens with zero attached hydrogens (tertiary/aromatic N) is 4. The summed E-state index contributed by atoms with van der Waals surface area (Å²) < 4.78 is 33.1. The number of pyridine rings is 1. The summed E-state index contributed by atoms with van der Waals surface area (Å²) in [5.41, 5.74) is 3.05. The van der Waals surface area contributed by atoms with E-state index in [4.69, 9.17) is 4.74 Å². The molecule has 0 spiro atoms. The average Bonchev–Trinajstić information content (AvgIpc) is 3.27. The van der Waals surface area contributed by atoms with Crippen molar-refractivity contribution in [1.82, 2.24) is 24.9 Å². The van der Waals surface area contributed by atoms with E-state index in [2.05, 4.69) is 25.7 Å². The molecule has 1 aliphatic rings. The molecule has 182 valence electrons. The van der Waals surface area contributed by atoms with Gasteiger partial charge in [0.05, 0.1) is 5.52 Å². The minimum absolute atomic E-state index is 0.0258. The van der Waals surface area contributed by atoms with E-state index in [1.807, 2.05) is 36.4 Å². The number of hydrogen-bond donors (Lipinski definition) is 2. The smallest absolute Gasteiger partial charge is 0.272 e. The van der Waals surface area contributed by atoms with Crippen LogP contribution in [0.4, 0.5) is 14.7 Å². The quantitative estimate of drug-likeness (QED) is 0.406. The molecule has 0 aliphatic heterocycles. The van der Waals surface area contributed by atoms with Crippen LogP contribution in [0.25, 0.3) is 27.5 Å². The molecule has 4 aromatic rings. The first-order valence-corrected chi connectivity index (χ1v) is 11.7. The Morgan fingerprint density at radius 3 is 2.74 bits per heavy atom. The number of nitrogens with one attached hydrogen (secondary N) is 2. The van der Waals surface area contributed by atoms with Crippen molar-refractivity contribution in [1.29, 1.82) is 0 Å². The molecule has 0 radical (unpaired) electrons. The summed E-state index contributed by atoms with van der Waals surface area (Å²) in [4.78, 5) is 20.1. The van der Waals surface area contributed by atoms with Crippen LogP contribution in [0.5, 0.6) is 5.88 Å². The lowest BCUT2D eigenvalue weighted by molar-refractivity contribution is -0.119. The van der Waals surface area contributed by atoms with E-state index in [0.717, 1.165) is 47.7 Å². The van der Waals surface area contributed by atoms with Gasteiger partial charge in [-0.25, -0.2) is 13.3 Å². The van der Waals surface area contributed by atoms with Crippen LogP contribution < -0.4 is 15.4 Å². The number of ether oxygens (including phenoxy) is 1. The van der Waals surface area contributed by atoms with Gasteiger partial charge in [-0.05, 0) is 55.5 Å². The first-order chi connectivity index (χ1) is 17.0. The summed E-state index contributed by atoms with van der Waals surface area (Å²) in [5.74, 6) is 0.387. The topological polar surface area (TPSA) is 93.4 Å². The van der Waals surface area contributed by atoms with Crippen LogP contribution in [0.1, 0.15) is 32.6 Å². The lowest BCUT2D eigenvalue weighted by Gasteiger charge is -2.29. The Hall–Kier alpha value is -3.82. The minimum Gasteiger partial charge on any atom is -0.470 e. The maximum absolute atomic E-state index is 13.0. The Balaban J connectivity index is 1.45. The summed E-state index contributed by atoms with van der Waals surface area (Å²) >= 11 is 0. The van der Waals surface area contributed by atoms with Gasteiger partial charge in [0.25, 0.3) is 6.43 Å². The van der Waals surface area contributed by atoms with Crippen molar-refractivity contribution in [2.75, 3.05) is 11.9 Å². The van der Waals surface area contributed by atoms with Crippen molar-refractivity contribution in [2.45, 2.75) is 51.1 Å². The zero-order valence-electron chi connectivity index (χ0n) is 19.2. The summed E-state index contributed by atoms with van der Waals surface area (Å²) in [6, 6.07) is 11.8. The molecular formula is C25H26F2N6O2. The predicted molar refractivity (Wildman–Crippen MR) is 129 cm³/mol. The predicted octanol–water partition coefficient (Wildman–Crippen LogP) is 4.45. The van der Waals surface area contributed by atoms with Crippen LogP contribution in [0.3, 0.4) is 0 Å². The molecule has 1 saturated carbocycles. The zero-order chi connectivity index (χ0) is 24.4. The highest BCUT2D eigenvalue weighted by Crippen LogP contribution is 2.33. The fourth-order valence-electron chi connectivity index (χ4n) is 4.62. The van der Waals surface area contributed by atoms with E-state index in [1.165, 1.54) is 6.92 Å². The number of benzene rings is 1. The second kappa shape index (κ2) is 9.81. The molecule has 0 bridgehead atoms. The Labute approximate surface area is 200 Å². The monoisotopic (exact) mass is 480 g/mol. The molecule has 0 saturated heterocycles. The van der Waals surface area contributed by atoms with E-state index >= 15 is 0 Å². The normalized spacial score (nSPS) is 18.2. The van der Waals surface area contributed by atoms with Gasteiger partial charge in [-0.15, -0.1) is 5.10 Å². The third-order valence-electron chi connectivity index (χ3n) is 6.21. The first kappa shape index (κ1) is 22.9. The van der Waals surface area contributed by atoms with Crippen LogP contribution in [0.15, 0.2) is 48.8 Å². The molecule has 2 N–H and O–H groups in total. The van der Waals surface area contributed by atoms with Crippen molar-refractivity contribution >= 4 is 28.3 Å². The summed E-state index contributed by atoms with van der Waals surface area (Å²) in [5, 5.41) is 11.8. The minimum atomic E-state index is -2.63. The highest BCUT2D eigenvalue weighted by atomic mass is 19.3. The summed E-state index contributed by atoms with van der Waals surface area (Å²) in [6.45, 7) is 0.759. The molecule has 1 aromatic carbocycles. The van der Waals surface area contributed by atoms with Gasteiger partial charge in [-0.2, -0.15) is 4.98 Å². The van der Waals surface area contributed by atoms with Gasteiger partial charge in [-0.3, -0.25) is 9.78 Å². The van der Waals surface area contributed by atoms with Gasteiger partial charge < -0.3 is 15.4 Å². The van der Waals surface area contributed by atoms with Crippen molar-refractivity contribution in [2.24, 2.45) is 0 Å². The van der Waals surface area contributed by atoms with E-state index in [1.54, 1.807) is 16.9 Å². The number of halogens is 2. The molecule has 10 heteroatoms. The molecule has 1 fully saturated rings. The molecular weight excluding hydrogens is 454 g/mol. The van der Waals surface area contributed by atoms with Crippen molar-refractivity contribution in [3.63, 3.8) is 0 Å². The molecule has 8 nitrogen and oxygen atoms in total. The third-order valence-corrected chi connectivity index (χ3v) is 6.21. The molecule has 1 aliphatic carbocycles. The number of carbonyl (C=O) groups excluding carboxylic acids is 1. The van der Waals surface area contributed by atoms with Gasteiger partial charge >= 0.3 is 0 Å². The number of amides is 1. The molecule has 0 unspecified atom stereocenters. The fraction of sp³-hybridized carbons (Fsp3) is 0.360. The molecule has 3 aromatic heterocycles.